The molecule has 194 valence electrons. The van der Waals surface area contributed by atoms with Gasteiger partial charge >= 0.3 is 0 Å². The zero-order chi connectivity index (χ0) is 24.3. The third-order valence-corrected chi connectivity index (χ3v) is 12.3. The molecule has 1 saturated heterocycles. The van der Waals surface area contributed by atoms with E-state index in [2.05, 4.69) is 32.6 Å². The van der Waals surface area contributed by atoms with Crippen LogP contribution in [0.3, 0.4) is 0 Å². The number of nitrogens with zero attached hydrogens (tertiary/aromatic N) is 1. The van der Waals surface area contributed by atoms with Crippen LogP contribution in [0.15, 0.2) is 0 Å². The standard InChI is InChI=1S/C30H51NO3/c1-19-12-15-31(16-13-19)27(34)10-5-20(2)24-8-9-25-23-7-6-21-17-22(32)11-14-29(21,3)28(23)26(33)18-30(24,25)4/h19-26,28,32-33H,5-18H2,1-4H3/t20?,21-,22-,23-,24+,25-,26-,28+,29-,30+/m0/s1. The van der Waals surface area contributed by atoms with Crippen molar-refractivity contribution in [1.29, 1.82) is 0 Å². The Bertz CT molecular complexity index is 747. The second kappa shape index (κ2) is 9.36. The number of carbonyl (C=O) groups excluding carboxylic acids is 1. The highest BCUT2D eigenvalue weighted by Gasteiger charge is 2.63. The highest BCUT2D eigenvalue weighted by atomic mass is 16.3. The number of fused-ring (bicyclic) bond motifs is 5. The zero-order valence-electron chi connectivity index (χ0n) is 22.3. The molecule has 1 heterocycles. The Kier molecular flexibility index (Phi) is 6.90. The first-order chi connectivity index (χ1) is 16.1. The Morgan fingerprint density at radius 1 is 1.00 bits per heavy atom. The minimum Gasteiger partial charge on any atom is -0.393 e. The first-order valence-electron chi connectivity index (χ1n) is 14.8. The van der Waals surface area contributed by atoms with Gasteiger partial charge in [0.1, 0.15) is 0 Å². The second-order valence-corrected chi connectivity index (χ2v) is 14.0. The molecule has 0 radical (unpaired) electrons. The average Bonchev–Trinajstić information content (AvgIpc) is 3.14. The molecule has 0 aromatic rings. The lowest BCUT2D eigenvalue weighted by molar-refractivity contribution is -0.179. The van der Waals surface area contributed by atoms with E-state index in [4.69, 9.17) is 0 Å². The molecule has 10 atom stereocenters. The predicted octanol–water partition coefficient (Wildman–Crippen LogP) is 5.65. The van der Waals surface area contributed by atoms with Crippen molar-refractivity contribution in [3.63, 3.8) is 0 Å². The van der Waals surface area contributed by atoms with E-state index < -0.39 is 0 Å². The fraction of sp³-hybridized carbons (Fsp3) is 0.967. The molecule has 5 rings (SSSR count). The molecule has 1 aliphatic heterocycles. The summed E-state index contributed by atoms with van der Waals surface area (Å²) >= 11 is 0. The first-order valence-corrected chi connectivity index (χ1v) is 14.8. The molecule has 34 heavy (non-hydrogen) atoms. The Labute approximate surface area is 208 Å². The van der Waals surface area contributed by atoms with Crippen LogP contribution >= 0.6 is 0 Å². The highest BCUT2D eigenvalue weighted by Crippen LogP contribution is 2.68. The number of likely N-dealkylation sites (tertiary alicyclic amines) is 1. The quantitative estimate of drug-likeness (QED) is 0.554. The van der Waals surface area contributed by atoms with Crippen molar-refractivity contribution >= 4 is 5.91 Å². The average molecular weight is 474 g/mol. The van der Waals surface area contributed by atoms with Gasteiger partial charge in [-0.2, -0.15) is 0 Å². The van der Waals surface area contributed by atoms with Gasteiger partial charge in [-0.1, -0.05) is 27.7 Å². The number of aliphatic hydroxyl groups excluding tert-OH is 2. The Balaban J connectivity index is 1.25. The summed E-state index contributed by atoms with van der Waals surface area (Å²) in [5, 5.41) is 22.0. The summed E-state index contributed by atoms with van der Waals surface area (Å²) in [5.74, 6) is 4.65. The van der Waals surface area contributed by atoms with Gasteiger partial charge in [0.25, 0.3) is 0 Å². The SMILES string of the molecule is CC1CCN(C(=O)CCC(C)[C@H]2CC[C@H]3[C@@H]4CC[C@H]5C[C@@H](O)CC[C@]5(C)[C@H]4[C@@H](O)C[C@]23C)CC1. The van der Waals surface area contributed by atoms with Gasteiger partial charge in [0.05, 0.1) is 12.2 Å². The molecule has 1 amide bonds. The molecular weight excluding hydrogens is 422 g/mol. The van der Waals surface area contributed by atoms with Gasteiger partial charge in [-0.05, 0) is 123 Å². The van der Waals surface area contributed by atoms with Crippen LogP contribution in [-0.4, -0.2) is 46.3 Å². The monoisotopic (exact) mass is 473 g/mol. The molecule has 2 N–H and O–H groups in total. The molecule has 0 bridgehead atoms. The van der Waals surface area contributed by atoms with Crippen molar-refractivity contribution < 1.29 is 15.0 Å². The van der Waals surface area contributed by atoms with Gasteiger partial charge in [-0.3, -0.25) is 4.79 Å². The Morgan fingerprint density at radius 2 is 1.74 bits per heavy atom. The van der Waals surface area contributed by atoms with Gasteiger partial charge < -0.3 is 15.1 Å². The molecule has 0 aromatic heterocycles. The van der Waals surface area contributed by atoms with E-state index in [0.29, 0.717) is 41.9 Å². The van der Waals surface area contributed by atoms with Gasteiger partial charge in [-0.25, -0.2) is 0 Å². The number of piperidine rings is 1. The smallest absolute Gasteiger partial charge is 0.222 e. The summed E-state index contributed by atoms with van der Waals surface area (Å²) in [6.45, 7) is 11.5. The van der Waals surface area contributed by atoms with Gasteiger partial charge in [0.2, 0.25) is 5.91 Å². The largest absolute Gasteiger partial charge is 0.393 e. The minimum atomic E-state index is -0.209. The number of amides is 1. The van der Waals surface area contributed by atoms with Crippen LogP contribution in [0.1, 0.15) is 105 Å². The fourth-order valence-electron chi connectivity index (χ4n) is 10.3. The van der Waals surface area contributed by atoms with E-state index in [1.807, 2.05) is 0 Å². The molecule has 4 heteroatoms. The topological polar surface area (TPSA) is 60.8 Å². The minimum absolute atomic E-state index is 0.131. The third kappa shape index (κ3) is 4.17. The third-order valence-electron chi connectivity index (χ3n) is 12.3. The van der Waals surface area contributed by atoms with Crippen LogP contribution in [0.5, 0.6) is 0 Å². The van der Waals surface area contributed by atoms with Crippen molar-refractivity contribution in [3.05, 3.63) is 0 Å². The molecule has 4 aliphatic carbocycles. The zero-order valence-corrected chi connectivity index (χ0v) is 22.3. The Morgan fingerprint density at radius 3 is 2.47 bits per heavy atom. The molecule has 0 aromatic carbocycles. The maximum atomic E-state index is 12.9. The molecule has 4 saturated carbocycles. The van der Waals surface area contributed by atoms with Gasteiger partial charge in [0.15, 0.2) is 0 Å². The Hall–Kier alpha value is -0.610. The molecule has 5 fully saturated rings. The molecular formula is C30H51NO3. The summed E-state index contributed by atoms with van der Waals surface area (Å²) in [6.07, 6.45) is 12.6. The van der Waals surface area contributed by atoms with E-state index in [0.717, 1.165) is 69.9 Å². The summed E-state index contributed by atoms with van der Waals surface area (Å²) in [7, 11) is 0. The summed E-state index contributed by atoms with van der Waals surface area (Å²) in [4.78, 5) is 15.0. The van der Waals surface area contributed by atoms with E-state index in [1.54, 1.807) is 0 Å². The van der Waals surface area contributed by atoms with Crippen molar-refractivity contribution in [2.24, 2.45) is 52.3 Å². The van der Waals surface area contributed by atoms with E-state index >= 15 is 0 Å². The lowest BCUT2D eigenvalue weighted by Crippen LogP contribution is -2.59. The summed E-state index contributed by atoms with van der Waals surface area (Å²) in [6, 6.07) is 0. The van der Waals surface area contributed by atoms with Crippen molar-refractivity contribution in [2.75, 3.05) is 13.1 Å². The number of carbonyl (C=O) groups is 1. The maximum absolute atomic E-state index is 12.9. The van der Waals surface area contributed by atoms with Crippen molar-refractivity contribution in [3.8, 4) is 0 Å². The number of aliphatic hydroxyl groups is 2. The van der Waals surface area contributed by atoms with E-state index in [9.17, 15) is 15.0 Å². The van der Waals surface area contributed by atoms with Crippen molar-refractivity contribution in [1.82, 2.24) is 4.90 Å². The fourth-order valence-corrected chi connectivity index (χ4v) is 10.3. The summed E-state index contributed by atoms with van der Waals surface area (Å²) in [5.41, 5.74) is 0.409. The van der Waals surface area contributed by atoms with Crippen LogP contribution in [0.4, 0.5) is 0 Å². The number of hydrogen-bond donors (Lipinski definition) is 2. The molecule has 5 aliphatic rings. The molecule has 1 unspecified atom stereocenters. The molecule has 4 nitrogen and oxygen atoms in total. The number of hydrogen-bond acceptors (Lipinski definition) is 3. The van der Waals surface area contributed by atoms with Crippen LogP contribution < -0.4 is 0 Å². The van der Waals surface area contributed by atoms with Crippen LogP contribution in [-0.2, 0) is 4.79 Å². The van der Waals surface area contributed by atoms with Crippen LogP contribution in [0.2, 0.25) is 0 Å². The van der Waals surface area contributed by atoms with Crippen LogP contribution in [0, 0.1) is 52.3 Å². The lowest BCUT2D eigenvalue weighted by atomic mass is 9.43. The van der Waals surface area contributed by atoms with Gasteiger partial charge in [-0.15, -0.1) is 0 Å². The van der Waals surface area contributed by atoms with E-state index in [1.165, 1.54) is 25.7 Å². The maximum Gasteiger partial charge on any atom is 0.222 e. The highest BCUT2D eigenvalue weighted by molar-refractivity contribution is 5.76. The van der Waals surface area contributed by atoms with Crippen LogP contribution in [0.25, 0.3) is 0 Å². The first kappa shape index (κ1) is 25.1. The lowest BCUT2D eigenvalue weighted by Gasteiger charge is -2.62. The van der Waals surface area contributed by atoms with Gasteiger partial charge in [0, 0.05) is 19.5 Å². The number of rotatable bonds is 4. The normalized spacial score (nSPS) is 48.1. The van der Waals surface area contributed by atoms with Crippen molar-refractivity contribution in [2.45, 2.75) is 117 Å². The summed E-state index contributed by atoms with van der Waals surface area (Å²) < 4.78 is 0. The second-order valence-electron chi connectivity index (χ2n) is 14.0. The van der Waals surface area contributed by atoms with E-state index in [-0.39, 0.29) is 23.0 Å². The predicted molar refractivity (Wildman–Crippen MR) is 136 cm³/mol. The molecule has 0 spiro atoms.